The van der Waals surface area contributed by atoms with E-state index >= 15 is 0 Å². The normalized spacial score (nSPS) is 29.4. The molecule has 0 unspecified atom stereocenters. The van der Waals surface area contributed by atoms with Crippen LogP contribution < -0.4 is 0 Å². The summed E-state index contributed by atoms with van der Waals surface area (Å²) in [5, 5.41) is 9.98. The van der Waals surface area contributed by atoms with Crippen LogP contribution in [-0.2, 0) is 20.7 Å². The lowest BCUT2D eigenvalue weighted by atomic mass is 9.93. The van der Waals surface area contributed by atoms with Gasteiger partial charge in [0.2, 0.25) is 0 Å². The third kappa shape index (κ3) is 2.76. The molecule has 4 nitrogen and oxygen atoms in total. The van der Waals surface area contributed by atoms with E-state index in [0.29, 0.717) is 11.4 Å². The van der Waals surface area contributed by atoms with Crippen molar-refractivity contribution in [2.24, 2.45) is 0 Å². The lowest BCUT2D eigenvalue weighted by Gasteiger charge is -2.24. The van der Waals surface area contributed by atoms with Gasteiger partial charge in [0.05, 0.1) is 0 Å². The molecule has 1 aromatic rings. The number of carboxylic acid groups (broad SMARTS) is 1. The van der Waals surface area contributed by atoms with E-state index in [-0.39, 0.29) is 0 Å². The number of hydrogen-bond donors (Lipinski definition) is 1. The summed E-state index contributed by atoms with van der Waals surface area (Å²) in [4.78, 5) is 11.5. The van der Waals surface area contributed by atoms with Crippen LogP contribution in [-0.4, -0.2) is 28.6 Å². The predicted molar refractivity (Wildman–Crippen MR) is 71.2 cm³/mol. The first-order valence-electron chi connectivity index (χ1n) is 6.09. The molecule has 2 rings (SSSR count). The van der Waals surface area contributed by atoms with Crippen LogP contribution in [0.2, 0.25) is 5.02 Å². The molecule has 1 heterocycles. The van der Waals surface area contributed by atoms with Crippen molar-refractivity contribution in [3.05, 3.63) is 34.9 Å². The van der Waals surface area contributed by atoms with Gasteiger partial charge in [-0.15, -0.1) is 0 Å². The highest BCUT2D eigenvalue weighted by atomic mass is 35.5. The number of hydrogen-bond acceptors (Lipinski definition) is 3. The molecule has 1 saturated heterocycles. The summed E-state index contributed by atoms with van der Waals surface area (Å²) >= 11 is 6.10. The smallest absolute Gasteiger partial charge is 0.338 e. The molecular formula is C14H17ClO4. The van der Waals surface area contributed by atoms with E-state index in [1.165, 1.54) is 6.92 Å². The Kier molecular flexibility index (Phi) is 3.60. The fraction of sp³-hybridized carbons (Fsp3) is 0.500. The van der Waals surface area contributed by atoms with Crippen LogP contribution in [0.3, 0.4) is 0 Å². The Balaban J connectivity index is 2.28. The van der Waals surface area contributed by atoms with Gasteiger partial charge in [0.1, 0.15) is 6.10 Å². The molecule has 0 bridgehead atoms. The number of rotatable bonds is 3. The molecule has 1 aromatic carbocycles. The second-order valence-corrected chi connectivity index (χ2v) is 5.72. The molecule has 104 valence electrons. The zero-order valence-corrected chi connectivity index (χ0v) is 11.9. The molecule has 2 atom stereocenters. The van der Waals surface area contributed by atoms with Crippen LogP contribution >= 0.6 is 11.6 Å². The Bertz CT molecular complexity index is 500. The number of carbonyl (C=O) groups is 1. The van der Waals surface area contributed by atoms with Crippen molar-refractivity contribution in [1.29, 1.82) is 0 Å². The summed E-state index contributed by atoms with van der Waals surface area (Å²) < 4.78 is 11.3. The van der Waals surface area contributed by atoms with Gasteiger partial charge in [-0.05, 0) is 32.4 Å². The van der Waals surface area contributed by atoms with Crippen molar-refractivity contribution in [3.63, 3.8) is 0 Å². The maximum Gasteiger partial charge on any atom is 0.338 e. The van der Waals surface area contributed by atoms with Crippen molar-refractivity contribution in [3.8, 4) is 0 Å². The second kappa shape index (κ2) is 4.78. The van der Waals surface area contributed by atoms with Crippen LogP contribution in [0.1, 0.15) is 26.3 Å². The zero-order valence-electron chi connectivity index (χ0n) is 11.1. The number of halogens is 1. The fourth-order valence-electron chi connectivity index (χ4n) is 2.34. The van der Waals surface area contributed by atoms with E-state index in [9.17, 15) is 9.90 Å². The summed E-state index contributed by atoms with van der Waals surface area (Å²) in [5.41, 5.74) is -0.522. The molecule has 5 heteroatoms. The van der Waals surface area contributed by atoms with E-state index in [4.69, 9.17) is 21.1 Å². The Morgan fingerprint density at radius 2 is 2.00 bits per heavy atom. The van der Waals surface area contributed by atoms with Crippen LogP contribution in [0.5, 0.6) is 0 Å². The molecule has 1 aliphatic heterocycles. The minimum Gasteiger partial charge on any atom is -0.479 e. The molecular weight excluding hydrogens is 268 g/mol. The van der Waals surface area contributed by atoms with Crippen LogP contribution in [0.4, 0.5) is 0 Å². The monoisotopic (exact) mass is 284 g/mol. The van der Waals surface area contributed by atoms with Crippen molar-refractivity contribution in [2.75, 3.05) is 0 Å². The van der Waals surface area contributed by atoms with E-state index < -0.39 is 23.5 Å². The fourth-order valence-corrected chi connectivity index (χ4v) is 2.55. The predicted octanol–water partition coefficient (Wildman–Crippen LogP) is 2.88. The van der Waals surface area contributed by atoms with Gasteiger partial charge in [0.15, 0.2) is 11.4 Å². The minimum atomic E-state index is -1.37. The third-order valence-corrected chi connectivity index (χ3v) is 3.65. The average molecular weight is 285 g/mol. The van der Waals surface area contributed by atoms with E-state index in [0.717, 1.165) is 5.56 Å². The minimum absolute atomic E-state index is 0.395. The number of carboxylic acids is 1. The molecule has 0 radical (unpaired) electrons. The van der Waals surface area contributed by atoms with Crippen molar-refractivity contribution >= 4 is 17.6 Å². The van der Waals surface area contributed by atoms with Gasteiger partial charge >= 0.3 is 5.97 Å². The van der Waals surface area contributed by atoms with Gasteiger partial charge in [-0.3, -0.25) is 0 Å². The van der Waals surface area contributed by atoms with E-state index in [1.807, 2.05) is 18.2 Å². The largest absolute Gasteiger partial charge is 0.479 e. The van der Waals surface area contributed by atoms with Gasteiger partial charge in [-0.2, -0.15) is 0 Å². The maximum absolute atomic E-state index is 11.5. The number of aliphatic carboxylic acids is 1. The van der Waals surface area contributed by atoms with Crippen molar-refractivity contribution in [1.82, 2.24) is 0 Å². The highest BCUT2D eigenvalue weighted by Crippen LogP contribution is 2.38. The van der Waals surface area contributed by atoms with Gasteiger partial charge in [-0.25, -0.2) is 4.79 Å². The first-order valence-corrected chi connectivity index (χ1v) is 6.47. The second-order valence-electron chi connectivity index (χ2n) is 5.32. The lowest BCUT2D eigenvalue weighted by molar-refractivity contribution is -0.182. The first-order chi connectivity index (χ1) is 8.74. The molecule has 0 spiro atoms. The van der Waals surface area contributed by atoms with Crippen LogP contribution in [0.25, 0.3) is 0 Å². The zero-order chi connectivity index (χ0) is 14.3. The topological polar surface area (TPSA) is 55.8 Å². The average Bonchev–Trinajstić information content (AvgIpc) is 2.53. The maximum atomic E-state index is 11.5. The summed E-state index contributed by atoms with van der Waals surface area (Å²) in [6.07, 6.45) is -0.189. The van der Waals surface area contributed by atoms with Gasteiger partial charge in [0.25, 0.3) is 0 Å². The third-order valence-electron chi connectivity index (χ3n) is 3.29. The van der Waals surface area contributed by atoms with E-state index in [1.54, 1.807) is 19.9 Å². The molecule has 1 fully saturated rings. The van der Waals surface area contributed by atoms with Crippen molar-refractivity contribution in [2.45, 2.75) is 44.7 Å². The number of ether oxygens (including phenoxy) is 2. The van der Waals surface area contributed by atoms with Crippen molar-refractivity contribution < 1.29 is 19.4 Å². The Morgan fingerprint density at radius 1 is 1.37 bits per heavy atom. The van der Waals surface area contributed by atoms with E-state index in [2.05, 4.69) is 0 Å². The summed E-state index contributed by atoms with van der Waals surface area (Å²) in [6.45, 7) is 4.95. The van der Waals surface area contributed by atoms with Crippen LogP contribution in [0, 0.1) is 0 Å². The Hall–Kier alpha value is -1.10. The quantitative estimate of drug-likeness (QED) is 0.927. The molecule has 0 aliphatic carbocycles. The summed E-state index contributed by atoms with van der Waals surface area (Å²) in [7, 11) is 0. The highest BCUT2D eigenvalue weighted by molar-refractivity contribution is 6.31. The molecule has 1 N–H and O–H groups in total. The van der Waals surface area contributed by atoms with Crippen LogP contribution in [0.15, 0.2) is 24.3 Å². The van der Waals surface area contributed by atoms with Gasteiger partial charge in [0, 0.05) is 11.4 Å². The standard InChI is InChI=1S/C14H17ClO4/c1-13(2)18-11(14(3,19-13)12(16)17)8-9-6-4-5-7-10(9)15/h4-7,11H,8H2,1-3H3,(H,16,17)/t11-,14+/m0/s1. The molecule has 19 heavy (non-hydrogen) atoms. The summed E-state index contributed by atoms with van der Waals surface area (Å²) in [6, 6.07) is 7.33. The lowest BCUT2D eigenvalue weighted by Crippen LogP contribution is -2.46. The SMILES string of the molecule is CC1(C)O[C@@H](Cc2ccccc2Cl)[C@](C)(C(=O)O)O1. The molecule has 1 aliphatic rings. The Morgan fingerprint density at radius 3 is 2.58 bits per heavy atom. The molecule has 0 aromatic heterocycles. The highest BCUT2D eigenvalue weighted by Gasteiger charge is 2.55. The summed E-state index contributed by atoms with van der Waals surface area (Å²) in [5.74, 6) is -1.95. The first kappa shape index (κ1) is 14.3. The molecule has 0 amide bonds. The molecule has 0 saturated carbocycles. The Labute approximate surface area is 117 Å². The van der Waals surface area contributed by atoms with Gasteiger partial charge in [-0.1, -0.05) is 29.8 Å². The van der Waals surface area contributed by atoms with Gasteiger partial charge < -0.3 is 14.6 Å². The number of benzene rings is 1.